The van der Waals surface area contributed by atoms with E-state index in [-0.39, 0.29) is 22.3 Å². The van der Waals surface area contributed by atoms with E-state index in [0.29, 0.717) is 32.7 Å². The van der Waals surface area contributed by atoms with Crippen LogP contribution in [0.25, 0.3) is 0 Å². The summed E-state index contributed by atoms with van der Waals surface area (Å²) in [7, 11) is 0. The maximum atomic E-state index is 13.1. The molecule has 0 aliphatic carbocycles. The molecule has 0 aromatic heterocycles. The first-order valence-corrected chi connectivity index (χ1v) is 11.9. The molecule has 7 nitrogen and oxygen atoms in total. The highest BCUT2D eigenvalue weighted by Gasteiger charge is 2.38. The number of benzene rings is 4. The topological polar surface area (TPSA) is 84.0 Å². The molecule has 37 heavy (non-hydrogen) atoms. The normalized spacial score (nSPS) is 14.3. The summed E-state index contributed by atoms with van der Waals surface area (Å²) in [4.78, 5) is 55.3. The molecule has 0 fully saturated rings. The summed E-state index contributed by atoms with van der Waals surface area (Å²) in [6.45, 7) is 0. The van der Waals surface area contributed by atoms with Gasteiger partial charge in [0.15, 0.2) is 0 Å². The molecule has 2 heterocycles. The predicted octanol–water partition coefficient (Wildman–Crippen LogP) is 4.89. The quantitative estimate of drug-likeness (QED) is 0.279. The van der Waals surface area contributed by atoms with Crippen molar-refractivity contribution in [2.45, 2.75) is 9.79 Å². The van der Waals surface area contributed by atoms with Gasteiger partial charge in [0.2, 0.25) is 0 Å². The van der Waals surface area contributed by atoms with Gasteiger partial charge in [0.25, 0.3) is 23.6 Å². The highest BCUT2D eigenvalue weighted by Crippen LogP contribution is 2.35. The summed E-state index contributed by atoms with van der Waals surface area (Å²) >= 11 is 10.2. The zero-order valence-electron chi connectivity index (χ0n) is 18.8. The van der Waals surface area contributed by atoms with Gasteiger partial charge >= 0.3 is 0 Å². The standard InChI is InChI=1S/C28H16N2O5S2/c31-25-21-11-5-17(13-23(21)27(33)29(25)15-1-7-19(36)8-2-15)35-18-6-12-22-24(14-18)28(34)30(26(22)32)16-3-9-20(37)10-4-16/h1-14,36-37H/p-2. The summed E-state index contributed by atoms with van der Waals surface area (Å²) in [6, 6.07) is 22.3. The first kappa shape index (κ1) is 22.8. The van der Waals surface area contributed by atoms with Crippen LogP contribution >= 0.6 is 0 Å². The molecule has 4 amide bonds. The third-order valence-corrected chi connectivity index (χ3v) is 6.69. The van der Waals surface area contributed by atoms with Crippen molar-refractivity contribution in [1.82, 2.24) is 0 Å². The minimum Gasteiger partial charge on any atom is -0.780 e. The van der Waals surface area contributed by atoms with Crippen LogP contribution in [0.4, 0.5) is 11.4 Å². The predicted molar refractivity (Wildman–Crippen MR) is 139 cm³/mol. The molecule has 0 saturated heterocycles. The molecule has 4 aromatic rings. The van der Waals surface area contributed by atoms with Gasteiger partial charge in [0.05, 0.1) is 33.6 Å². The van der Waals surface area contributed by atoms with Crippen molar-refractivity contribution in [3.8, 4) is 11.5 Å². The number of imide groups is 2. The van der Waals surface area contributed by atoms with Crippen LogP contribution in [0.2, 0.25) is 0 Å². The fourth-order valence-electron chi connectivity index (χ4n) is 4.36. The molecule has 0 bridgehead atoms. The maximum Gasteiger partial charge on any atom is 0.266 e. The molecule has 0 N–H and O–H groups in total. The Bertz CT molecular complexity index is 1530. The van der Waals surface area contributed by atoms with Gasteiger partial charge < -0.3 is 30.0 Å². The van der Waals surface area contributed by atoms with Crippen LogP contribution in [0.5, 0.6) is 11.5 Å². The Labute approximate surface area is 222 Å². The van der Waals surface area contributed by atoms with Crippen molar-refractivity contribution >= 4 is 60.3 Å². The minimum atomic E-state index is -0.474. The lowest BCUT2D eigenvalue weighted by Crippen LogP contribution is -2.29. The van der Waals surface area contributed by atoms with Crippen LogP contribution in [0.15, 0.2) is 94.7 Å². The van der Waals surface area contributed by atoms with Crippen molar-refractivity contribution in [3.05, 3.63) is 107 Å². The van der Waals surface area contributed by atoms with Gasteiger partial charge in [-0.3, -0.25) is 19.2 Å². The maximum absolute atomic E-state index is 13.1. The number of carbonyl (C=O) groups is 4. The Morgan fingerprint density at radius 2 is 0.811 bits per heavy atom. The van der Waals surface area contributed by atoms with Crippen molar-refractivity contribution in [2.24, 2.45) is 0 Å². The second kappa shape index (κ2) is 8.51. The van der Waals surface area contributed by atoms with Crippen molar-refractivity contribution in [2.75, 3.05) is 9.80 Å². The third kappa shape index (κ3) is 3.72. The second-order valence-electron chi connectivity index (χ2n) is 8.40. The Morgan fingerprint density at radius 1 is 0.459 bits per heavy atom. The van der Waals surface area contributed by atoms with Gasteiger partial charge in [-0.1, -0.05) is 24.3 Å². The monoisotopic (exact) mass is 522 g/mol. The van der Waals surface area contributed by atoms with E-state index in [0.717, 1.165) is 9.80 Å². The zero-order chi connectivity index (χ0) is 25.8. The Balaban J connectivity index is 1.27. The molecular weight excluding hydrogens is 508 g/mol. The lowest BCUT2D eigenvalue weighted by molar-refractivity contribution is 0.0910. The number of anilines is 2. The summed E-state index contributed by atoms with van der Waals surface area (Å²) in [5.74, 6) is -1.21. The van der Waals surface area contributed by atoms with Gasteiger partial charge in [0.1, 0.15) is 11.5 Å². The summed E-state index contributed by atoms with van der Waals surface area (Å²) < 4.78 is 5.92. The molecule has 0 saturated carbocycles. The number of carbonyl (C=O) groups excluding carboxylic acids is 4. The highest BCUT2D eigenvalue weighted by atomic mass is 32.1. The van der Waals surface area contributed by atoms with Gasteiger partial charge in [0, 0.05) is 0 Å². The average molecular weight is 523 g/mol. The van der Waals surface area contributed by atoms with Crippen LogP contribution < -0.4 is 14.5 Å². The van der Waals surface area contributed by atoms with Crippen LogP contribution in [-0.4, -0.2) is 23.6 Å². The summed E-state index contributed by atoms with van der Waals surface area (Å²) in [5.41, 5.74) is 1.78. The summed E-state index contributed by atoms with van der Waals surface area (Å²) in [5, 5.41) is 0. The average Bonchev–Trinajstić information content (AvgIpc) is 3.29. The Hall–Kier alpha value is -4.60. The molecule has 2 aliphatic heterocycles. The largest absolute Gasteiger partial charge is 0.780 e. The molecule has 0 radical (unpaired) electrons. The number of ether oxygens (including phenoxy) is 1. The van der Waals surface area contributed by atoms with E-state index >= 15 is 0 Å². The van der Waals surface area contributed by atoms with Gasteiger partial charge in [-0.25, -0.2) is 9.80 Å². The Kier molecular flexibility index (Phi) is 5.25. The molecule has 4 aromatic carbocycles. The van der Waals surface area contributed by atoms with Gasteiger partial charge in [-0.2, -0.15) is 9.79 Å². The van der Waals surface area contributed by atoms with E-state index in [9.17, 15) is 19.2 Å². The highest BCUT2D eigenvalue weighted by molar-refractivity contribution is 7.59. The number of fused-ring (bicyclic) bond motifs is 2. The number of amides is 4. The van der Waals surface area contributed by atoms with Crippen molar-refractivity contribution in [3.63, 3.8) is 0 Å². The van der Waals surface area contributed by atoms with Crippen LogP contribution in [-0.2, 0) is 25.3 Å². The minimum absolute atomic E-state index is 0.203. The molecule has 0 unspecified atom stereocenters. The van der Waals surface area contributed by atoms with E-state index in [4.69, 9.17) is 30.0 Å². The number of hydrogen-bond acceptors (Lipinski definition) is 7. The van der Waals surface area contributed by atoms with E-state index in [2.05, 4.69) is 0 Å². The smallest absolute Gasteiger partial charge is 0.266 e. The lowest BCUT2D eigenvalue weighted by atomic mass is 10.1. The van der Waals surface area contributed by atoms with Gasteiger partial charge in [-0.15, -0.1) is 0 Å². The summed E-state index contributed by atoms with van der Waals surface area (Å²) in [6.07, 6.45) is 0. The second-order valence-corrected chi connectivity index (χ2v) is 9.34. The third-order valence-electron chi connectivity index (χ3n) is 6.14. The SMILES string of the molecule is O=C1c2ccc(Oc3ccc4c(c3)C(=O)N(c3ccc([S-])cc3)C4=O)cc2C(=O)N1c1ccc([S-])cc1. The molecular formula is C28H14N2O5S2-2. The zero-order valence-corrected chi connectivity index (χ0v) is 20.5. The van der Waals surface area contributed by atoms with Crippen molar-refractivity contribution in [1.29, 1.82) is 0 Å². The van der Waals surface area contributed by atoms with E-state index in [1.54, 1.807) is 60.7 Å². The number of nitrogens with zero attached hydrogens (tertiary/aromatic N) is 2. The number of hydrogen-bond donors (Lipinski definition) is 0. The first-order valence-electron chi connectivity index (χ1n) is 11.1. The fraction of sp³-hybridized carbons (Fsp3) is 0. The molecule has 2 aliphatic rings. The van der Waals surface area contributed by atoms with E-state index in [1.807, 2.05) is 0 Å². The molecule has 0 atom stereocenters. The first-order chi connectivity index (χ1) is 17.8. The van der Waals surface area contributed by atoms with Crippen LogP contribution in [0, 0.1) is 0 Å². The molecule has 0 spiro atoms. The van der Waals surface area contributed by atoms with E-state index in [1.165, 1.54) is 24.3 Å². The molecule has 180 valence electrons. The molecule has 6 rings (SSSR count). The van der Waals surface area contributed by atoms with Crippen molar-refractivity contribution < 1.29 is 23.9 Å². The van der Waals surface area contributed by atoms with Crippen LogP contribution in [0.1, 0.15) is 41.4 Å². The lowest BCUT2D eigenvalue weighted by Gasteiger charge is -2.15. The fourth-order valence-corrected chi connectivity index (χ4v) is 4.63. The Morgan fingerprint density at radius 3 is 1.19 bits per heavy atom. The molecule has 9 heteroatoms. The van der Waals surface area contributed by atoms with Gasteiger partial charge in [-0.05, 0) is 60.7 Å². The van der Waals surface area contributed by atoms with E-state index < -0.39 is 23.6 Å². The number of rotatable bonds is 4. The van der Waals surface area contributed by atoms with Crippen LogP contribution in [0.3, 0.4) is 0 Å².